The van der Waals surface area contributed by atoms with Crippen molar-refractivity contribution in [1.29, 1.82) is 0 Å². The quantitative estimate of drug-likeness (QED) is 0.820. The first kappa shape index (κ1) is 21.2. The van der Waals surface area contributed by atoms with E-state index in [0.717, 1.165) is 25.2 Å². The molecule has 0 aromatic carbocycles. The molecule has 142 valence electrons. The molecule has 0 bridgehead atoms. The summed E-state index contributed by atoms with van der Waals surface area (Å²) in [7, 11) is 0. The predicted octanol–water partition coefficient (Wildman–Crippen LogP) is 4.08. The van der Waals surface area contributed by atoms with Gasteiger partial charge in [0.05, 0.1) is 5.56 Å². The number of carbonyl (C=O) groups excluding carboxylic acids is 1. The van der Waals surface area contributed by atoms with Crippen molar-refractivity contribution in [3.05, 3.63) is 52.0 Å². The van der Waals surface area contributed by atoms with Gasteiger partial charge in [-0.15, -0.1) is 24.8 Å². The molecule has 1 aliphatic heterocycles. The number of thiophene rings is 1. The maximum Gasteiger partial charge on any atom is 0.255 e. The Labute approximate surface area is 171 Å². The van der Waals surface area contributed by atoms with Gasteiger partial charge in [0.25, 0.3) is 5.91 Å². The topological polar surface area (TPSA) is 45.2 Å². The molecule has 1 atom stereocenters. The number of halogens is 2. The smallest absolute Gasteiger partial charge is 0.255 e. The number of aryl methyl sites for hydroxylation is 1. The van der Waals surface area contributed by atoms with E-state index in [-0.39, 0.29) is 30.7 Å². The largest absolute Gasteiger partial charge is 0.331 e. The summed E-state index contributed by atoms with van der Waals surface area (Å²) >= 11 is 1.69. The zero-order valence-electron chi connectivity index (χ0n) is 14.8. The van der Waals surface area contributed by atoms with Gasteiger partial charge in [-0.25, -0.2) is 0 Å². The highest BCUT2D eigenvalue weighted by Gasteiger charge is 2.57. The van der Waals surface area contributed by atoms with Gasteiger partial charge < -0.3 is 10.2 Å². The van der Waals surface area contributed by atoms with E-state index in [0.29, 0.717) is 23.6 Å². The Morgan fingerprint density at radius 3 is 2.69 bits per heavy atom. The molecule has 2 aromatic rings. The fourth-order valence-electron chi connectivity index (χ4n) is 3.89. The predicted molar refractivity (Wildman–Crippen MR) is 111 cm³/mol. The van der Waals surface area contributed by atoms with E-state index in [2.05, 4.69) is 32.0 Å². The second-order valence-corrected chi connectivity index (χ2v) is 7.87. The molecule has 1 unspecified atom stereocenters. The third-order valence-corrected chi connectivity index (χ3v) is 6.21. The Morgan fingerprint density at radius 2 is 2.08 bits per heavy atom. The lowest BCUT2D eigenvalue weighted by atomic mass is 9.93. The number of rotatable bonds is 4. The van der Waals surface area contributed by atoms with Crippen LogP contribution in [0.2, 0.25) is 0 Å². The summed E-state index contributed by atoms with van der Waals surface area (Å²) in [6.45, 7) is 4.80. The maximum absolute atomic E-state index is 13.2. The Bertz CT molecular complexity index is 715. The summed E-state index contributed by atoms with van der Waals surface area (Å²) in [6.07, 6.45) is 5.22. The van der Waals surface area contributed by atoms with Crippen LogP contribution in [-0.4, -0.2) is 34.9 Å². The number of piperidine rings is 1. The normalized spacial score (nSPS) is 20.0. The molecule has 0 radical (unpaired) electrons. The minimum atomic E-state index is 0. The highest BCUT2D eigenvalue weighted by molar-refractivity contribution is 7.07. The van der Waals surface area contributed by atoms with Gasteiger partial charge in [0.15, 0.2) is 0 Å². The van der Waals surface area contributed by atoms with Gasteiger partial charge in [0.1, 0.15) is 0 Å². The number of amides is 1. The van der Waals surface area contributed by atoms with E-state index in [1.165, 1.54) is 18.4 Å². The summed E-state index contributed by atoms with van der Waals surface area (Å²) < 4.78 is 0. The summed E-state index contributed by atoms with van der Waals surface area (Å²) in [6, 6.07) is 6.32. The van der Waals surface area contributed by atoms with Crippen molar-refractivity contribution in [3.8, 4) is 0 Å². The van der Waals surface area contributed by atoms with E-state index in [9.17, 15) is 4.79 Å². The fraction of sp³-hybridized carbons (Fsp3) is 0.474. The third-order valence-electron chi connectivity index (χ3n) is 5.47. The number of carbonyl (C=O) groups is 1. The number of nitrogens with zero attached hydrogens (tertiary/aromatic N) is 2. The second-order valence-electron chi connectivity index (χ2n) is 7.09. The van der Waals surface area contributed by atoms with E-state index >= 15 is 0 Å². The fourth-order valence-corrected chi connectivity index (χ4v) is 4.55. The van der Waals surface area contributed by atoms with Crippen LogP contribution in [0.25, 0.3) is 0 Å². The van der Waals surface area contributed by atoms with E-state index in [1.807, 2.05) is 19.1 Å². The number of aromatic nitrogens is 1. The molecule has 4 rings (SSSR count). The highest BCUT2D eigenvalue weighted by Crippen LogP contribution is 2.56. The zero-order valence-corrected chi connectivity index (χ0v) is 17.3. The van der Waals surface area contributed by atoms with Crippen molar-refractivity contribution < 1.29 is 4.79 Å². The van der Waals surface area contributed by atoms with Crippen molar-refractivity contribution in [3.63, 3.8) is 0 Å². The molecular formula is C19H25Cl2N3OS. The first-order valence-electron chi connectivity index (χ1n) is 8.63. The van der Waals surface area contributed by atoms with Gasteiger partial charge in [-0.3, -0.25) is 9.78 Å². The van der Waals surface area contributed by atoms with Crippen LogP contribution in [0.4, 0.5) is 0 Å². The van der Waals surface area contributed by atoms with Gasteiger partial charge in [-0.05, 0) is 79.2 Å². The van der Waals surface area contributed by atoms with Crippen molar-refractivity contribution in [2.45, 2.75) is 38.8 Å². The molecule has 1 saturated carbocycles. The summed E-state index contributed by atoms with van der Waals surface area (Å²) in [5.41, 5.74) is 3.21. The molecule has 1 N–H and O–H groups in total. The molecule has 2 aromatic heterocycles. The van der Waals surface area contributed by atoms with Crippen LogP contribution in [0.1, 0.15) is 40.9 Å². The lowest BCUT2D eigenvalue weighted by Crippen LogP contribution is -2.39. The minimum absolute atomic E-state index is 0. The number of hydrogen-bond donors (Lipinski definition) is 1. The van der Waals surface area contributed by atoms with E-state index < -0.39 is 0 Å². The molecule has 26 heavy (non-hydrogen) atoms. The summed E-state index contributed by atoms with van der Waals surface area (Å²) in [5.74, 6) is 0.120. The third kappa shape index (κ3) is 4.22. The summed E-state index contributed by atoms with van der Waals surface area (Å²) in [5, 5.41) is 7.67. The Kier molecular flexibility index (Phi) is 7.08. The molecule has 1 aliphatic carbocycles. The van der Waals surface area contributed by atoms with Crippen LogP contribution in [0.5, 0.6) is 0 Å². The van der Waals surface area contributed by atoms with Crippen LogP contribution >= 0.6 is 36.2 Å². The van der Waals surface area contributed by atoms with Crippen molar-refractivity contribution in [1.82, 2.24) is 15.2 Å². The minimum Gasteiger partial charge on any atom is -0.331 e. The number of nitrogens with one attached hydrogen (secondary N) is 1. The van der Waals surface area contributed by atoms with Crippen molar-refractivity contribution in [2.75, 3.05) is 13.1 Å². The first-order chi connectivity index (χ1) is 11.7. The maximum atomic E-state index is 13.2. The standard InChI is InChI=1S/C19H23N3OS.2ClH/c1-14-2-3-16(11-21-14)18(23)22(12-15-4-9-24-13-15)17-10-19(17)5-7-20-8-6-19;;/h2-4,9,11,13,17,20H,5-8,10,12H2,1H3;2*1H. The molecule has 1 spiro atoms. The van der Waals surface area contributed by atoms with Crippen LogP contribution in [-0.2, 0) is 6.54 Å². The van der Waals surface area contributed by atoms with Crippen molar-refractivity contribution in [2.24, 2.45) is 5.41 Å². The summed E-state index contributed by atoms with van der Waals surface area (Å²) in [4.78, 5) is 19.6. The second kappa shape index (κ2) is 8.70. The average molecular weight is 414 g/mol. The van der Waals surface area contributed by atoms with Crippen LogP contribution in [0.15, 0.2) is 35.2 Å². The van der Waals surface area contributed by atoms with Gasteiger partial charge in [0.2, 0.25) is 0 Å². The molecular weight excluding hydrogens is 389 g/mol. The highest BCUT2D eigenvalue weighted by atomic mass is 35.5. The number of pyridine rings is 1. The molecule has 4 nitrogen and oxygen atoms in total. The van der Waals surface area contributed by atoms with Gasteiger partial charge in [0, 0.05) is 24.5 Å². The monoisotopic (exact) mass is 413 g/mol. The number of hydrogen-bond acceptors (Lipinski definition) is 4. The van der Waals surface area contributed by atoms with E-state index in [1.54, 1.807) is 17.5 Å². The molecule has 1 saturated heterocycles. The lowest BCUT2D eigenvalue weighted by molar-refractivity contribution is 0.0692. The van der Waals surface area contributed by atoms with Crippen molar-refractivity contribution >= 4 is 42.1 Å². The SMILES string of the molecule is Cc1ccc(C(=O)N(Cc2ccsc2)C2CC23CCNCC3)cn1.Cl.Cl. The lowest BCUT2D eigenvalue weighted by Gasteiger charge is -2.29. The Hall–Kier alpha value is -1.14. The van der Waals surface area contributed by atoms with Crippen LogP contribution in [0, 0.1) is 12.3 Å². The Balaban J connectivity index is 0.00000121. The molecule has 7 heteroatoms. The molecule has 1 amide bonds. The van der Waals surface area contributed by atoms with Gasteiger partial charge in [-0.1, -0.05) is 0 Å². The Morgan fingerprint density at radius 1 is 1.31 bits per heavy atom. The molecule has 3 heterocycles. The van der Waals surface area contributed by atoms with Crippen LogP contribution in [0.3, 0.4) is 0 Å². The molecule has 2 aliphatic rings. The van der Waals surface area contributed by atoms with Crippen LogP contribution < -0.4 is 5.32 Å². The van der Waals surface area contributed by atoms with Gasteiger partial charge >= 0.3 is 0 Å². The van der Waals surface area contributed by atoms with E-state index in [4.69, 9.17) is 0 Å². The van der Waals surface area contributed by atoms with Gasteiger partial charge in [-0.2, -0.15) is 11.3 Å². The molecule has 2 fully saturated rings. The zero-order chi connectivity index (χ0) is 16.6. The first-order valence-corrected chi connectivity index (χ1v) is 9.58. The average Bonchev–Trinajstić information content (AvgIpc) is 3.04.